The van der Waals surface area contributed by atoms with Crippen molar-refractivity contribution in [2.75, 3.05) is 0 Å². The smallest absolute Gasteiger partial charge is 0.0708 e. The first-order valence-electron chi connectivity index (χ1n) is 21.5. The minimum absolute atomic E-state index is 0.938. The molecule has 0 N–H and O–H groups in total. The van der Waals surface area contributed by atoms with Crippen molar-refractivity contribution in [3.8, 4) is 72.7 Å². The number of pyridine rings is 2. The summed E-state index contributed by atoms with van der Waals surface area (Å²) in [7, 11) is 0. The summed E-state index contributed by atoms with van der Waals surface area (Å²) < 4.78 is 5.04. The van der Waals surface area contributed by atoms with Gasteiger partial charge in [-0.3, -0.25) is 9.97 Å². The summed E-state index contributed by atoms with van der Waals surface area (Å²) in [5, 5.41) is 5.07. The van der Waals surface area contributed by atoms with Crippen LogP contribution < -0.4 is 0 Å². The van der Waals surface area contributed by atoms with Gasteiger partial charge in [-0.1, -0.05) is 115 Å². The average Bonchev–Trinajstić information content (AvgIpc) is 4.02. The molecule has 1 aliphatic rings. The van der Waals surface area contributed by atoms with Gasteiger partial charge >= 0.3 is 0 Å². The van der Waals surface area contributed by atoms with Gasteiger partial charge in [-0.25, -0.2) is 0 Å². The molecule has 0 unspecified atom stereocenters. The molecule has 0 saturated heterocycles. The van der Waals surface area contributed by atoms with E-state index in [9.17, 15) is 0 Å². The molecule has 12 aromatic rings. The lowest BCUT2D eigenvalue weighted by Crippen LogP contribution is -1.95. The zero-order valence-electron chi connectivity index (χ0n) is 34.2. The van der Waals surface area contributed by atoms with Crippen LogP contribution in [0.25, 0.3) is 115 Å². The highest BCUT2D eigenvalue weighted by Gasteiger charge is 2.22. The van der Waals surface area contributed by atoms with Gasteiger partial charge in [0.2, 0.25) is 0 Å². The maximum absolute atomic E-state index is 4.70. The number of thiophene rings is 1. The van der Waals surface area contributed by atoms with E-state index in [4.69, 9.17) is 4.98 Å². The van der Waals surface area contributed by atoms with Crippen LogP contribution in [-0.4, -0.2) is 14.5 Å². The lowest BCUT2D eigenvalue weighted by atomic mass is 9.94. The summed E-state index contributed by atoms with van der Waals surface area (Å²) in [4.78, 5) is 9.38. The third kappa shape index (κ3) is 5.87. The van der Waals surface area contributed by atoms with Crippen molar-refractivity contribution in [3.05, 3.63) is 224 Å². The van der Waals surface area contributed by atoms with Crippen LogP contribution in [-0.2, 0) is 6.42 Å². The molecular weight excluding hydrogens is 783 g/mol. The standard InChI is InChI=1S/C59H37N3S/c1-3-13-46(54-16-7-9-29-60-54)44(11-1)41-20-19-39-31-40-21-25-43(36-50(40)49(39)34-41)62-56-18-6-5-15-48(56)51-32-37(22-26-57(51)62)38-23-27-58-52(33-38)53-35-42(24-28-59(53)63-58)45-12-2-4-14-47(45)55-17-8-10-30-61-55/h1-30,32-36H,31H2. The molecule has 0 radical (unpaired) electrons. The van der Waals surface area contributed by atoms with E-state index < -0.39 is 0 Å². The second kappa shape index (κ2) is 14.3. The van der Waals surface area contributed by atoms with E-state index in [1.807, 2.05) is 35.9 Å². The molecule has 4 heterocycles. The van der Waals surface area contributed by atoms with Crippen molar-refractivity contribution in [3.63, 3.8) is 0 Å². The molecule has 63 heavy (non-hydrogen) atoms. The van der Waals surface area contributed by atoms with Gasteiger partial charge in [0, 0.05) is 60.2 Å². The minimum atomic E-state index is 0.938. The summed E-state index contributed by atoms with van der Waals surface area (Å²) in [6, 6.07) is 73.2. The Bertz CT molecular complexity index is 3770. The van der Waals surface area contributed by atoms with E-state index in [1.165, 1.54) is 103 Å². The third-order valence-corrected chi connectivity index (χ3v) is 14.1. The van der Waals surface area contributed by atoms with Crippen molar-refractivity contribution >= 4 is 53.3 Å². The van der Waals surface area contributed by atoms with Crippen LogP contribution in [0.15, 0.2) is 213 Å². The van der Waals surface area contributed by atoms with E-state index >= 15 is 0 Å². The van der Waals surface area contributed by atoms with Gasteiger partial charge < -0.3 is 4.57 Å². The van der Waals surface area contributed by atoms with Crippen LogP contribution in [0.5, 0.6) is 0 Å². The molecule has 13 rings (SSSR count). The molecule has 8 aromatic carbocycles. The Morgan fingerprint density at radius 2 is 0.857 bits per heavy atom. The van der Waals surface area contributed by atoms with Crippen LogP contribution in [0, 0.1) is 0 Å². The van der Waals surface area contributed by atoms with E-state index in [-0.39, 0.29) is 0 Å². The van der Waals surface area contributed by atoms with Crippen molar-refractivity contribution in [2.24, 2.45) is 0 Å². The molecule has 0 amide bonds. The molecule has 0 fully saturated rings. The molecule has 1 aliphatic carbocycles. The van der Waals surface area contributed by atoms with Crippen LogP contribution in [0.1, 0.15) is 11.1 Å². The number of para-hydroxylation sites is 1. The first kappa shape index (κ1) is 35.8. The van der Waals surface area contributed by atoms with Crippen LogP contribution >= 0.6 is 11.3 Å². The number of benzene rings is 8. The van der Waals surface area contributed by atoms with Gasteiger partial charge in [0.1, 0.15) is 0 Å². The van der Waals surface area contributed by atoms with Crippen LogP contribution in [0.3, 0.4) is 0 Å². The first-order valence-corrected chi connectivity index (χ1v) is 22.3. The highest BCUT2D eigenvalue weighted by molar-refractivity contribution is 7.25. The number of fused-ring (bicyclic) bond motifs is 9. The molecule has 4 aromatic heterocycles. The summed E-state index contributed by atoms with van der Waals surface area (Å²) in [6.45, 7) is 0. The Morgan fingerprint density at radius 3 is 1.54 bits per heavy atom. The molecule has 0 saturated carbocycles. The predicted octanol–water partition coefficient (Wildman–Crippen LogP) is 15.8. The van der Waals surface area contributed by atoms with Gasteiger partial charge in [0.25, 0.3) is 0 Å². The molecule has 294 valence electrons. The van der Waals surface area contributed by atoms with Gasteiger partial charge in [-0.15, -0.1) is 11.3 Å². The van der Waals surface area contributed by atoms with E-state index in [0.29, 0.717) is 0 Å². The van der Waals surface area contributed by atoms with Gasteiger partial charge in [-0.05, 0) is 147 Å². The fourth-order valence-corrected chi connectivity index (χ4v) is 11.0. The fourth-order valence-electron chi connectivity index (χ4n) is 9.98. The molecule has 4 heteroatoms. The number of hydrogen-bond donors (Lipinski definition) is 0. The Kier molecular flexibility index (Phi) is 8.15. The van der Waals surface area contributed by atoms with E-state index in [1.54, 1.807) is 0 Å². The van der Waals surface area contributed by atoms with Crippen molar-refractivity contribution in [1.29, 1.82) is 0 Å². The SMILES string of the molecule is c1ccc(-c2ccccc2-c2ccc3c(c2)-c2cc(-n4c5ccccc5c5cc(-c6ccc7sc8ccc(-c9ccccc9-c9ccccn9)cc8c7c6)ccc54)ccc2C3)nc1. The van der Waals surface area contributed by atoms with Gasteiger partial charge in [-0.2, -0.15) is 0 Å². The Morgan fingerprint density at radius 1 is 0.349 bits per heavy atom. The molecule has 0 spiro atoms. The number of rotatable bonds is 6. The number of nitrogens with zero attached hydrogens (tertiary/aromatic N) is 3. The predicted molar refractivity (Wildman–Crippen MR) is 265 cm³/mol. The largest absolute Gasteiger partial charge is 0.309 e. The second-order valence-corrected chi connectivity index (χ2v) is 17.6. The van der Waals surface area contributed by atoms with Crippen LogP contribution in [0.2, 0.25) is 0 Å². The maximum atomic E-state index is 4.70. The lowest BCUT2D eigenvalue weighted by molar-refractivity contribution is 1.17. The summed E-state index contributed by atoms with van der Waals surface area (Å²) in [5.74, 6) is 0. The third-order valence-electron chi connectivity index (χ3n) is 13.0. The number of hydrogen-bond acceptors (Lipinski definition) is 3. The Hall–Kier alpha value is -7.92. The van der Waals surface area contributed by atoms with Gasteiger partial charge in [0.05, 0.1) is 22.4 Å². The quantitative estimate of drug-likeness (QED) is 0.167. The van der Waals surface area contributed by atoms with Crippen LogP contribution in [0.4, 0.5) is 0 Å². The van der Waals surface area contributed by atoms with Crippen molar-refractivity contribution < 1.29 is 0 Å². The second-order valence-electron chi connectivity index (χ2n) is 16.5. The topological polar surface area (TPSA) is 30.7 Å². The maximum Gasteiger partial charge on any atom is 0.0708 e. The molecule has 0 aliphatic heterocycles. The minimum Gasteiger partial charge on any atom is -0.309 e. The monoisotopic (exact) mass is 819 g/mol. The normalized spacial score (nSPS) is 12.1. The van der Waals surface area contributed by atoms with Crippen molar-refractivity contribution in [2.45, 2.75) is 6.42 Å². The van der Waals surface area contributed by atoms with E-state index in [2.05, 4.69) is 198 Å². The zero-order valence-corrected chi connectivity index (χ0v) is 35.0. The zero-order chi connectivity index (χ0) is 41.4. The molecule has 3 nitrogen and oxygen atoms in total. The highest BCUT2D eigenvalue weighted by Crippen LogP contribution is 2.44. The number of aromatic nitrogens is 3. The van der Waals surface area contributed by atoms with Crippen molar-refractivity contribution in [1.82, 2.24) is 14.5 Å². The molecule has 0 bridgehead atoms. The first-order chi connectivity index (χ1) is 31.2. The summed E-state index contributed by atoms with van der Waals surface area (Å²) >= 11 is 1.86. The summed E-state index contributed by atoms with van der Waals surface area (Å²) in [6.07, 6.45) is 4.67. The Balaban J connectivity index is 0.898. The highest BCUT2D eigenvalue weighted by atomic mass is 32.1. The van der Waals surface area contributed by atoms with Gasteiger partial charge in [0.15, 0.2) is 0 Å². The lowest BCUT2D eigenvalue weighted by Gasteiger charge is -2.13. The average molecular weight is 820 g/mol. The molecule has 0 atom stereocenters. The Labute approximate surface area is 368 Å². The van der Waals surface area contributed by atoms with E-state index in [0.717, 1.165) is 28.9 Å². The molecular formula is C59H37N3S. The fraction of sp³-hybridized carbons (Fsp3) is 0.0169. The summed E-state index contributed by atoms with van der Waals surface area (Å²) in [5.41, 5.74) is 20.4.